The molecule has 0 saturated carbocycles. The number of nitrogens with one attached hydrogen (secondary N) is 1. The van der Waals surface area contributed by atoms with Gasteiger partial charge in [0, 0.05) is 11.3 Å². The van der Waals surface area contributed by atoms with Crippen molar-refractivity contribution in [2.75, 3.05) is 25.1 Å². The highest BCUT2D eigenvalue weighted by molar-refractivity contribution is 6.05. The first-order valence-corrected chi connectivity index (χ1v) is 9.78. The molecule has 0 radical (unpaired) electrons. The summed E-state index contributed by atoms with van der Waals surface area (Å²) in [6.45, 7) is 13.6. The van der Waals surface area contributed by atoms with Gasteiger partial charge in [-0.2, -0.15) is 0 Å². The van der Waals surface area contributed by atoms with Gasteiger partial charge in [-0.3, -0.25) is 4.79 Å². The zero-order valence-corrected chi connectivity index (χ0v) is 17.7. The highest BCUT2D eigenvalue weighted by Crippen LogP contribution is 2.39. The smallest absolute Gasteiger partial charge is 0.255 e. The van der Waals surface area contributed by atoms with Gasteiger partial charge in [0.25, 0.3) is 5.91 Å². The van der Waals surface area contributed by atoms with Gasteiger partial charge in [-0.05, 0) is 56.0 Å². The van der Waals surface area contributed by atoms with Crippen molar-refractivity contribution in [1.82, 2.24) is 0 Å². The number of hydrogen-bond donors (Lipinski definition) is 1. The lowest BCUT2D eigenvalue weighted by Gasteiger charge is -2.19. The Bertz CT molecular complexity index is 764. The van der Waals surface area contributed by atoms with Crippen molar-refractivity contribution in [3.63, 3.8) is 0 Å². The maximum atomic E-state index is 12.8. The lowest BCUT2D eigenvalue weighted by atomic mass is 9.87. The van der Waals surface area contributed by atoms with E-state index in [4.69, 9.17) is 14.2 Å². The van der Waals surface area contributed by atoms with E-state index in [9.17, 15) is 4.79 Å². The van der Waals surface area contributed by atoms with Crippen molar-refractivity contribution in [2.24, 2.45) is 0 Å². The zero-order valence-electron chi connectivity index (χ0n) is 17.7. The minimum atomic E-state index is -0.228. The lowest BCUT2D eigenvalue weighted by molar-refractivity contribution is 0.102. The zero-order chi connectivity index (χ0) is 20.7. The third-order valence-corrected chi connectivity index (χ3v) is 4.18. The second-order valence-electron chi connectivity index (χ2n) is 7.38. The Balaban J connectivity index is 2.31. The van der Waals surface area contributed by atoms with Crippen molar-refractivity contribution in [1.29, 1.82) is 0 Å². The minimum Gasteiger partial charge on any atom is -0.490 e. The van der Waals surface area contributed by atoms with Gasteiger partial charge in [-0.1, -0.05) is 32.9 Å². The molecule has 0 aliphatic carbocycles. The van der Waals surface area contributed by atoms with Crippen LogP contribution in [0.5, 0.6) is 17.2 Å². The van der Waals surface area contributed by atoms with Gasteiger partial charge in [0.15, 0.2) is 11.5 Å². The Kier molecular flexibility index (Phi) is 7.32. The van der Waals surface area contributed by atoms with E-state index < -0.39 is 0 Å². The van der Waals surface area contributed by atoms with E-state index in [1.165, 1.54) is 5.56 Å². The van der Waals surface area contributed by atoms with Crippen LogP contribution in [-0.2, 0) is 5.41 Å². The predicted molar refractivity (Wildman–Crippen MR) is 113 cm³/mol. The predicted octanol–water partition coefficient (Wildman–Crippen LogP) is 5.43. The molecule has 0 aliphatic heterocycles. The van der Waals surface area contributed by atoms with Crippen LogP contribution in [0.2, 0.25) is 0 Å². The summed E-state index contributed by atoms with van der Waals surface area (Å²) in [6.07, 6.45) is 0. The van der Waals surface area contributed by atoms with E-state index in [-0.39, 0.29) is 11.3 Å². The number of amides is 1. The number of ether oxygens (including phenoxy) is 3. The molecule has 0 heterocycles. The van der Waals surface area contributed by atoms with Crippen LogP contribution in [-0.4, -0.2) is 25.7 Å². The van der Waals surface area contributed by atoms with Gasteiger partial charge >= 0.3 is 0 Å². The summed E-state index contributed by atoms with van der Waals surface area (Å²) in [5, 5.41) is 2.94. The number of rotatable bonds is 8. The topological polar surface area (TPSA) is 56.8 Å². The third-order valence-electron chi connectivity index (χ3n) is 4.18. The van der Waals surface area contributed by atoms with Crippen LogP contribution in [0.3, 0.4) is 0 Å². The van der Waals surface area contributed by atoms with Crippen molar-refractivity contribution < 1.29 is 19.0 Å². The van der Waals surface area contributed by atoms with Gasteiger partial charge in [-0.15, -0.1) is 0 Å². The fourth-order valence-corrected chi connectivity index (χ4v) is 2.78. The molecule has 5 nitrogen and oxygen atoms in total. The summed E-state index contributed by atoms with van der Waals surface area (Å²) < 4.78 is 17.1. The molecular weight excluding hydrogens is 354 g/mol. The normalized spacial score (nSPS) is 11.1. The number of anilines is 1. The fourth-order valence-electron chi connectivity index (χ4n) is 2.78. The van der Waals surface area contributed by atoms with Crippen LogP contribution in [0.1, 0.15) is 57.5 Å². The average molecular weight is 386 g/mol. The molecule has 1 amide bonds. The van der Waals surface area contributed by atoms with Gasteiger partial charge in [-0.25, -0.2) is 0 Å². The van der Waals surface area contributed by atoms with E-state index >= 15 is 0 Å². The van der Waals surface area contributed by atoms with Gasteiger partial charge in [0.2, 0.25) is 5.75 Å². The van der Waals surface area contributed by atoms with E-state index in [0.717, 1.165) is 5.69 Å². The lowest BCUT2D eigenvalue weighted by Crippen LogP contribution is -2.14. The highest BCUT2D eigenvalue weighted by atomic mass is 16.5. The summed E-state index contributed by atoms with van der Waals surface area (Å²) in [5.74, 6) is 1.30. The number of benzene rings is 2. The van der Waals surface area contributed by atoms with Crippen LogP contribution in [0.25, 0.3) is 0 Å². The molecule has 0 aliphatic rings. The highest BCUT2D eigenvalue weighted by Gasteiger charge is 2.19. The molecule has 0 aromatic heterocycles. The molecular formula is C23H31NO4. The maximum absolute atomic E-state index is 12.8. The van der Waals surface area contributed by atoms with E-state index in [2.05, 4.69) is 26.1 Å². The summed E-state index contributed by atoms with van der Waals surface area (Å²) >= 11 is 0. The summed E-state index contributed by atoms with van der Waals surface area (Å²) in [5.41, 5.74) is 2.47. The Morgan fingerprint density at radius 1 is 0.857 bits per heavy atom. The SMILES string of the molecule is CCOc1cc(C(=O)Nc2ccc(C(C)(C)C)cc2)cc(OCC)c1OCC. The van der Waals surface area contributed by atoms with Crippen LogP contribution < -0.4 is 19.5 Å². The van der Waals surface area contributed by atoms with Crippen LogP contribution >= 0.6 is 0 Å². The van der Waals surface area contributed by atoms with Crippen molar-refractivity contribution >= 4 is 11.6 Å². The molecule has 0 bridgehead atoms. The number of carbonyl (C=O) groups excluding carboxylic acids is 1. The number of hydrogen-bond acceptors (Lipinski definition) is 4. The van der Waals surface area contributed by atoms with Gasteiger partial charge < -0.3 is 19.5 Å². The Hall–Kier alpha value is -2.69. The van der Waals surface area contributed by atoms with Crippen molar-refractivity contribution in [3.8, 4) is 17.2 Å². The Morgan fingerprint density at radius 2 is 1.36 bits per heavy atom. The van der Waals surface area contributed by atoms with E-state index in [0.29, 0.717) is 42.6 Å². The van der Waals surface area contributed by atoms with Crippen LogP contribution in [0.4, 0.5) is 5.69 Å². The van der Waals surface area contributed by atoms with Crippen molar-refractivity contribution in [2.45, 2.75) is 47.0 Å². The van der Waals surface area contributed by atoms with Crippen molar-refractivity contribution in [3.05, 3.63) is 47.5 Å². The monoisotopic (exact) mass is 385 g/mol. The largest absolute Gasteiger partial charge is 0.490 e. The third kappa shape index (κ3) is 5.41. The molecule has 28 heavy (non-hydrogen) atoms. The number of carbonyl (C=O) groups is 1. The maximum Gasteiger partial charge on any atom is 0.255 e. The molecule has 2 rings (SSSR count). The molecule has 2 aromatic carbocycles. The molecule has 2 aromatic rings. The first-order valence-electron chi connectivity index (χ1n) is 9.78. The van der Waals surface area contributed by atoms with Gasteiger partial charge in [0.05, 0.1) is 19.8 Å². The van der Waals surface area contributed by atoms with Gasteiger partial charge in [0.1, 0.15) is 0 Å². The Morgan fingerprint density at radius 3 is 1.79 bits per heavy atom. The average Bonchev–Trinajstić information content (AvgIpc) is 2.64. The van der Waals surface area contributed by atoms with Crippen LogP contribution in [0.15, 0.2) is 36.4 Å². The molecule has 0 spiro atoms. The fraction of sp³-hybridized carbons (Fsp3) is 0.435. The standard InChI is InChI=1S/C23H31NO4/c1-7-26-19-14-16(15-20(27-8-2)21(19)28-9-3)22(25)24-18-12-10-17(11-13-18)23(4,5)6/h10-15H,7-9H2,1-6H3,(H,24,25). The molecule has 5 heteroatoms. The molecule has 1 N–H and O–H groups in total. The quantitative estimate of drug-likeness (QED) is 0.658. The minimum absolute atomic E-state index is 0.0659. The summed E-state index contributed by atoms with van der Waals surface area (Å²) in [6, 6.07) is 11.3. The Labute approximate surface area is 168 Å². The summed E-state index contributed by atoms with van der Waals surface area (Å²) in [4.78, 5) is 12.8. The van der Waals surface area contributed by atoms with E-state index in [1.54, 1.807) is 12.1 Å². The molecule has 0 saturated heterocycles. The molecule has 0 fully saturated rings. The molecule has 0 atom stereocenters. The molecule has 0 unspecified atom stereocenters. The first-order chi connectivity index (χ1) is 13.3. The van der Waals surface area contributed by atoms with Crippen LogP contribution in [0, 0.1) is 0 Å². The first kappa shape index (κ1) is 21.6. The second-order valence-corrected chi connectivity index (χ2v) is 7.38. The molecule has 152 valence electrons. The summed E-state index contributed by atoms with van der Waals surface area (Å²) in [7, 11) is 0. The second kappa shape index (κ2) is 9.49. The van der Waals surface area contributed by atoms with E-state index in [1.807, 2.05) is 45.0 Å².